The van der Waals surface area contributed by atoms with Gasteiger partial charge in [0.05, 0.1) is 19.8 Å². The highest BCUT2D eigenvalue weighted by molar-refractivity contribution is 5.88. The molecule has 1 amide bonds. The van der Waals surface area contributed by atoms with Gasteiger partial charge in [-0.05, 0) is 30.9 Å². The molecule has 6 heteroatoms. The zero-order valence-electron chi connectivity index (χ0n) is 14.6. The lowest BCUT2D eigenvalue weighted by molar-refractivity contribution is -0.121. The van der Waals surface area contributed by atoms with E-state index in [1.165, 1.54) is 19.3 Å². The van der Waals surface area contributed by atoms with Crippen LogP contribution in [0.3, 0.4) is 0 Å². The molecule has 0 saturated heterocycles. The van der Waals surface area contributed by atoms with Gasteiger partial charge >= 0.3 is 0 Å². The Morgan fingerprint density at radius 3 is 2.80 bits per heavy atom. The van der Waals surface area contributed by atoms with Gasteiger partial charge in [-0.25, -0.2) is 0 Å². The molecule has 1 saturated carbocycles. The predicted molar refractivity (Wildman–Crippen MR) is 101 cm³/mol. The molecule has 0 aliphatic heterocycles. The third-order valence-electron chi connectivity index (χ3n) is 5.03. The zero-order valence-corrected chi connectivity index (χ0v) is 15.4. The van der Waals surface area contributed by atoms with Crippen LogP contribution in [-0.4, -0.2) is 25.6 Å². The lowest BCUT2D eigenvalue weighted by Crippen LogP contribution is -2.46. The fourth-order valence-corrected chi connectivity index (χ4v) is 3.66. The summed E-state index contributed by atoms with van der Waals surface area (Å²) in [6.07, 6.45) is 8.07. The van der Waals surface area contributed by atoms with Crippen LogP contribution in [-0.2, 0) is 11.2 Å². The van der Waals surface area contributed by atoms with Crippen molar-refractivity contribution >= 4 is 29.3 Å². The number of amides is 1. The van der Waals surface area contributed by atoms with Crippen LogP contribution < -0.4 is 15.8 Å². The van der Waals surface area contributed by atoms with E-state index < -0.39 is 0 Å². The molecule has 25 heavy (non-hydrogen) atoms. The topological polar surface area (TPSA) is 77.5 Å². The fourth-order valence-electron chi connectivity index (χ4n) is 3.66. The van der Waals surface area contributed by atoms with Crippen molar-refractivity contribution in [1.82, 2.24) is 5.32 Å². The van der Waals surface area contributed by atoms with Gasteiger partial charge in [-0.3, -0.25) is 4.79 Å². The van der Waals surface area contributed by atoms with E-state index in [0.29, 0.717) is 18.9 Å². The lowest BCUT2D eigenvalue weighted by atomic mass is 9.84. The van der Waals surface area contributed by atoms with E-state index in [-0.39, 0.29) is 24.4 Å². The second-order valence-electron chi connectivity index (χ2n) is 6.61. The number of methoxy groups -OCH3 is 1. The van der Waals surface area contributed by atoms with Crippen LogP contribution in [0.25, 0.3) is 11.0 Å². The molecule has 138 valence electrons. The number of benzene rings is 1. The number of rotatable bonds is 6. The van der Waals surface area contributed by atoms with Crippen molar-refractivity contribution in [3.63, 3.8) is 0 Å². The molecule has 5 nitrogen and oxygen atoms in total. The summed E-state index contributed by atoms with van der Waals surface area (Å²) in [7, 11) is 1.62. The number of fused-ring (bicyclic) bond motifs is 1. The van der Waals surface area contributed by atoms with E-state index >= 15 is 0 Å². The molecule has 0 spiro atoms. The normalized spacial score (nSPS) is 16.2. The summed E-state index contributed by atoms with van der Waals surface area (Å²) in [6, 6.07) is 5.73. The smallest absolute Gasteiger partial charge is 0.224 e. The van der Waals surface area contributed by atoms with E-state index in [0.717, 1.165) is 35.1 Å². The van der Waals surface area contributed by atoms with Crippen molar-refractivity contribution in [2.24, 2.45) is 11.7 Å². The van der Waals surface area contributed by atoms with Gasteiger partial charge in [0.2, 0.25) is 5.91 Å². The van der Waals surface area contributed by atoms with Crippen molar-refractivity contribution < 1.29 is 13.9 Å². The van der Waals surface area contributed by atoms with Crippen molar-refractivity contribution in [2.75, 3.05) is 13.7 Å². The molecule has 1 heterocycles. The zero-order chi connectivity index (χ0) is 16.9. The Labute approximate surface area is 154 Å². The van der Waals surface area contributed by atoms with Crippen LogP contribution in [0.15, 0.2) is 28.9 Å². The summed E-state index contributed by atoms with van der Waals surface area (Å²) in [5, 5.41) is 4.08. The maximum absolute atomic E-state index is 12.5. The number of carbonyl (C=O) groups is 1. The number of halogens is 1. The SMILES string of the molecule is COc1ccc2c(CC(=O)NC(CN)C3CCCCC3)coc2c1.Cl. The van der Waals surface area contributed by atoms with Gasteiger partial charge in [-0.1, -0.05) is 19.3 Å². The first kappa shape index (κ1) is 19.6. The van der Waals surface area contributed by atoms with Gasteiger partial charge in [0.25, 0.3) is 0 Å². The third-order valence-corrected chi connectivity index (χ3v) is 5.03. The quantitative estimate of drug-likeness (QED) is 0.821. The fraction of sp³-hybridized carbons (Fsp3) is 0.526. The molecular formula is C19H27ClN2O3. The maximum atomic E-state index is 12.5. The molecule has 3 rings (SSSR count). The minimum atomic E-state index is 0. The second kappa shape index (κ2) is 9.11. The Morgan fingerprint density at radius 2 is 2.12 bits per heavy atom. The summed E-state index contributed by atoms with van der Waals surface area (Å²) >= 11 is 0. The Hall–Kier alpha value is -1.72. The average molecular weight is 367 g/mol. The highest BCUT2D eigenvalue weighted by Crippen LogP contribution is 2.27. The number of ether oxygens (including phenoxy) is 1. The molecule has 1 fully saturated rings. The Kier molecular flexibility index (Phi) is 7.14. The molecular weight excluding hydrogens is 340 g/mol. The number of nitrogens with one attached hydrogen (secondary N) is 1. The minimum Gasteiger partial charge on any atom is -0.497 e. The first-order valence-electron chi connectivity index (χ1n) is 8.75. The van der Waals surface area contributed by atoms with Crippen LogP contribution in [0.2, 0.25) is 0 Å². The van der Waals surface area contributed by atoms with Crippen LogP contribution in [0.5, 0.6) is 5.75 Å². The minimum absolute atomic E-state index is 0. The van der Waals surface area contributed by atoms with Crippen molar-refractivity contribution in [2.45, 2.75) is 44.6 Å². The number of carbonyl (C=O) groups excluding carboxylic acids is 1. The number of hydrogen-bond acceptors (Lipinski definition) is 4. The predicted octanol–water partition coefficient (Wildman–Crippen LogP) is 3.43. The molecule has 1 aromatic heterocycles. The summed E-state index contributed by atoms with van der Waals surface area (Å²) < 4.78 is 10.7. The number of furan rings is 1. The largest absolute Gasteiger partial charge is 0.497 e. The molecule has 1 aromatic carbocycles. The van der Waals surface area contributed by atoms with Crippen LogP contribution >= 0.6 is 12.4 Å². The first-order valence-corrected chi connectivity index (χ1v) is 8.75. The summed E-state index contributed by atoms with van der Waals surface area (Å²) in [6.45, 7) is 0.500. The van der Waals surface area contributed by atoms with Gasteiger partial charge < -0.3 is 20.2 Å². The van der Waals surface area contributed by atoms with E-state index in [1.54, 1.807) is 13.4 Å². The lowest BCUT2D eigenvalue weighted by Gasteiger charge is -2.30. The Morgan fingerprint density at radius 1 is 1.36 bits per heavy atom. The van der Waals surface area contributed by atoms with E-state index in [2.05, 4.69) is 5.32 Å². The van der Waals surface area contributed by atoms with Gasteiger partial charge in [0.1, 0.15) is 11.3 Å². The highest BCUT2D eigenvalue weighted by Gasteiger charge is 2.24. The number of nitrogens with two attached hydrogens (primary N) is 1. The standard InChI is InChI=1S/C19H26N2O3.ClH/c1-23-15-7-8-16-14(12-24-18(16)10-15)9-19(22)21-17(11-20)13-5-3-2-4-6-13;/h7-8,10,12-13,17H,2-6,9,11,20H2,1H3,(H,21,22);1H. The molecule has 0 radical (unpaired) electrons. The van der Waals surface area contributed by atoms with Gasteiger partial charge in [-0.15, -0.1) is 12.4 Å². The molecule has 0 bridgehead atoms. The summed E-state index contributed by atoms with van der Waals surface area (Å²) in [5.74, 6) is 1.26. The van der Waals surface area contributed by atoms with Crippen LogP contribution in [0, 0.1) is 5.92 Å². The van der Waals surface area contributed by atoms with Crippen molar-refractivity contribution in [3.05, 3.63) is 30.0 Å². The summed E-state index contributed by atoms with van der Waals surface area (Å²) in [5.41, 5.74) is 7.53. The Balaban J connectivity index is 0.00000225. The highest BCUT2D eigenvalue weighted by atomic mass is 35.5. The first-order chi connectivity index (χ1) is 11.7. The molecule has 1 unspecified atom stereocenters. The van der Waals surface area contributed by atoms with E-state index in [1.807, 2.05) is 18.2 Å². The monoisotopic (exact) mass is 366 g/mol. The number of hydrogen-bond donors (Lipinski definition) is 2. The summed E-state index contributed by atoms with van der Waals surface area (Å²) in [4.78, 5) is 12.5. The Bertz CT molecular complexity index is 695. The van der Waals surface area contributed by atoms with Gasteiger partial charge in [0.15, 0.2) is 0 Å². The van der Waals surface area contributed by atoms with Gasteiger partial charge in [0, 0.05) is 29.6 Å². The van der Waals surface area contributed by atoms with Crippen molar-refractivity contribution in [3.8, 4) is 5.75 Å². The molecule has 3 N–H and O–H groups in total. The molecule has 1 aliphatic carbocycles. The third kappa shape index (κ3) is 4.67. The van der Waals surface area contributed by atoms with Crippen LogP contribution in [0.4, 0.5) is 0 Å². The van der Waals surface area contributed by atoms with Gasteiger partial charge in [-0.2, -0.15) is 0 Å². The molecule has 1 atom stereocenters. The van der Waals surface area contributed by atoms with Crippen LogP contribution in [0.1, 0.15) is 37.7 Å². The molecule has 2 aromatic rings. The maximum Gasteiger partial charge on any atom is 0.224 e. The average Bonchev–Trinajstić information content (AvgIpc) is 3.02. The molecule has 1 aliphatic rings. The second-order valence-corrected chi connectivity index (χ2v) is 6.61. The van der Waals surface area contributed by atoms with E-state index in [9.17, 15) is 4.79 Å². The van der Waals surface area contributed by atoms with Crippen molar-refractivity contribution in [1.29, 1.82) is 0 Å². The van der Waals surface area contributed by atoms with E-state index in [4.69, 9.17) is 14.9 Å².